The Balaban J connectivity index is 1.81. The minimum Gasteiger partial charge on any atom is -0.368 e. The van der Waals surface area contributed by atoms with Gasteiger partial charge in [0.2, 0.25) is 0 Å². The molecule has 0 spiro atoms. The van der Waals surface area contributed by atoms with Gasteiger partial charge in [0.15, 0.2) is 0 Å². The summed E-state index contributed by atoms with van der Waals surface area (Å²) in [6.45, 7) is 8.87. The highest BCUT2D eigenvalue weighted by atomic mass is 16.5. The molecule has 2 fully saturated rings. The smallest absolute Gasteiger partial charge is 0.251 e. The summed E-state index contributed by atoms with van der Waals surface area (Å²) in [5, 5.41) is 0. The Labute approximate surface area is 97.5 Å². The Morgan fingerprint density at radius 3 is 2.44 bits per heavy atom. The summed E-state index contributed by atoms with van der Waals surface area (Å²) in [7, 11) is 0. The summed E-state index contributed by atoms with van der Waals surface area (Å²) in [4.78, 5) is 16.4. The SMILES string of the molecule is CC(C)N1CCN(C(=O)[C@@H]2CCCO2)CC1. The molecule has 0 bridgehead atoms. The van der Waals surface area contributed by atoms with E-state index in [-0.39, 0.29) is 12.0 Å². The van der Waals surface area contributed by atoms with E-state index in [2.05, 4.69) is 18.7 Å². The second-order valence-electron chi connectivity index (χ2n) is 4.96. The van der Waals surface area contributed by atoms with Gasteiger partial charge in [-0.1, -0.05) is 0 Å². The van der Waals surface area contributed by atoms with Gasteiger partial charge in [0.25, 0.3) is 5.91 Å². The molecule has 0 aromatic rings. The van der Waals surface area contributed by atoms with Crippen LogP contribution in [0.1, 0.15) is 26.7 Å². The van der Waals surface area contributed by atoms with Crippen LogP contribution in [0.2, 0.25) is 0 Å². The van der Waals surface area contributed by atoms with Gasteiger partial charge < -0.3 is 9.64 Å². The lowest BCUT2D eigenvalue weighted by atomic mass is 10.2. The lowest BCUT2D eigenvalue weighted by Crippen LogP contribution is -2.52. The van der Waals surface area contributed by atoms with Gasteiger partial charge in [-0.15, -0.1) is 0 Å². The quantitative estimate of drug-likeness (QED) is 0.695. The van der Waals surface area contributed by atoms with Gasteiger partial charge in [-0.2, -0.15) is 0 Å². The average molecular weight is 226 g/mol. The van der Waals surface area contributed by atoms with Crippen molar-refractivity contribution in [3.63, 3.8) is 0 Å². The predicted molar refractivity (Wildman–Crippen MR) is 62.3 cm³/mol. The van der Waals surface area contributed by atoms with Crippen LogP contribution in [0.15, 0.2) is 0 Å². The van der Waals surface area contributed by atoms with E-state index in [0.717, 1.165) is 45.6 Å². The van der Waals surface area contributed by atoms with Crippen LogP contribution < -0.4 is 0 Å². The standard InChI is InChI=1S/C12H22N2O2/c1-10(2)13-5-7-14(8-6-13)12(15)11-4-3-9-16-11/h10-11H,3-9H2,1-2H3/t11-/m0/s1. The first-order chi connectivity index (χ1) is 7.68. The lowest BCUT2D eigenvalue weighted by molar-refractivity contribution is -0.142. The van der Waals surface area contributed by atoms with E-state index in [1.165, 1.54) is 0 Å². The number of rotatable bonds is 2. The number of piperazine rings is 1. The normalized spacial score (nSPS) is 27.7. The van der Waals surface area contributed by atoms with Crippen molar-refractivity contribution >= 4 is 5.91 Å². The zero-order chi connectivity index (χ0) is 11.5. The first-order valence-electron chi connectivity index (χ1n) is 6.33. The van der Waals surface area contributed by atoms with Crippen LogP contribution in [0, 0.1) is 0 Å². The third kappa shape index (κ3) is 2.55. The molecule has 1 atom stereocenters. The fourth-order valence-electron chi connectivity index (χ4n) is 2.43. The van der Waals surface area contributed by atoms with Crippen LogP contribution in [-0.2, 0) is 9.53 Å². The minimum atomic E-state index is -0.148. The van der Waals surface area contributed by atoms with Crippen LogP contribution in [0.3, 0.4) is 0 Å². The fraction of sp³-hybridized carbons (Fsp3) is 0.917. The molecule has 0 aromatic carbocycles. The average Bonchev–Trinajstić information content (AvgIpc) is 2.81. The van der Waals surface area contributed by atoms with Crippen LogP contribution in [0.4, 0.5) is 0 Å². The molecule has 0 unspecified atom stereocenters. The molecule has 2 heterocycles. The Morgan fingerprint density at radius 1 is 1.25 bits per heavy atom. The fourth-order valence-corrected chi connectivity index (χ4v) is 2.43. The molecule has 0 radical (unpaired) electrons. The Hall–Kier alpha value is -0.610. The first-order valence-corrected chi connectivity index (χ1v) is 6.33. The summed E-state index contributed by atoms with van der Waals surface area (Å²) >= 11 is 0. The molecular weight excluding hydrogens is 204 g/mol. The van der Waals surface area contributed by atoms with Crippen molar-refractivity contribution in [2.45, 2.75) is 38.8 Å². The topological polar surface area (TPSA) is 32.8 Å². The Kier molecular flexibility index (Phi) is 3.82. The van der Waals surface area contributed by atoms with E-state index in [1.807, 2.05) is 4.90 Å². The molecule has 1 amide bonds. The van der Waals surface area contributed by atoms with E-state index < -0.39 is 0 Å². The van der Waals surface area contributed by atoms with E-state index in [4.69, 9.17) is 4.74 Å². The molecular formula is C12H22N2O2. The predicted octanol–water partition coefficient (Wildman–Crippen LogP) is 0.718. The van der Waals surface area contributed by atoms with Gasteiger partial charge in [-0.25, -0.2) is 0 Å². The van der Waals surface area contributed by atoms with Crippen molar-refractivity contribution in [1.29, 1.82) is 0 Å². The van der Waals surface area contributed by atoms with Gasteiger partial charge in [0, 0.05) is 38.8 Å². The molecule has 16 heavy (non-hydrogen) atoms. The number of hydrogen-bond donors (Lipinski definition) is 0. The molecule has 2 aliphatic heterocycles. The van der Waals surface area contributed by atoms with Crippen LogP contribution in [0.25, 0.3) is 0 Å². The molecule has 2 saturated heterocycles. The van der Waals surface area contributed by atoms with Gasteiger partial charge in [-0.05, 0) is 26.7 Å². The summed E-state index contributed by atoms with van der Waals surface area (Å²) in [5.41, 5.74) is 0. The van der Waals surface area contributed by atoms with Gasteiger partial charge in [0.05, 0.1) is 0 Å². The van der Waals surface area contributed by atoms with E-state index in [9.17, 15) is 4.79 Å². The molecule has 0 aliphatic carbocycles. The van der Waals surface area contributed by atoms with Crippen molar-refractivity contribution in [1.82, 2.24) is 9.80 Å². The molecule has 2 rings (SSSR count). The summed E-state index contributed by atoms with van der Waals surface area (Å²) < 4.78 is 5.44. The zero-order valence-corrected chi connectivity index (χ0v) is 10.3. The monoisotopic (exact) mass is 226 g/mol. The van der Waals surface area contributed by atoms with E-state index in [0.29, 0.717) is 6.04 Å². The number of nitrogens with zero attached hydrogens (tertiary/aromatic N) is 2. The zero-order valence-electron chi connectivity index (χ0n) is 10.3. The lowest BCUT2D eigenvalue weighted by Gasteiger charge is -2.37. The minimum absolute atomic E-state index is 0.148. The van der Waals surface area contributed by atoms with Crippen molar-refractivity contribution in [3.8, 4) is 0 Å². The maximum Gasteiger partial charge on any atom is 0.251 e. The highest BCUT2D eigenvalue weighted by Gasteiger charge is 2.30. The molecule has 4 heteroatoms. The molecule has 2 aliphatic rings. The first kappa shape index (κ1) is 11.9. The summed E-state index contributed by atoms with van der Waals surface area (Å²) in [6.07, 6.45) is 1.79. The number of carbonyl (C=O) groups excluding carboxylic acids is 1. The van der Waals surface area contributed by atoms with Crippen molar-refractivity contribution in [2.24, 2.45) is 0 Å². The number of amides is 1. The largest absolute Gasteiger partial charge is 0.368 e. The van der Waals surface area contributed by atoms with Gasteiger partial charge >= 0.3 is 0 Å². The third-order valence-corrected chi connectivity index (χ3v) is 3.56. The van der Waals surface area contributed by atoms with Crippen molar-refractivity contribution < 1.29 is 9.53 Å². The highest BCUT2D eigenvalue weighted by molar-refractivity contribution is 5.81. The van der Waals surface area contributed by atoms with Crippen LogP contribution in [0.5, 0.6) is 0 Å². The van der Waals surface area contributed by atoms with E-state index >= 15 is 0 Å². The third-order valence-electron chi connectivity index (χ3n) is 3.56. The van der Waals surface area contributed by atoms with Gasteiger partial charge in [0.1, 0.15) is 6.10 Å². The highest BCUT2D eigenvalue weighted by Crippen LogP contribution is 2.16. The second-order valence-corrected chi connectivity index (χ2v) is 4.96. The number of ether oxygens (including phenoxy) is 1. The summed E-state index contributed by atoms with van der Waals surface area (Å²) in [5.74, 6) is 0.209. The second kappa shape index (κ2) is 5.15. The summed E-state index contributed by atoms with van der Waals surface area (Å²) in [6, 6.07) is 0.583. The molecule has 0 N–H and O–H groups in total. The number of hydrogen-bond acceptors (Lipinski definition) is 3. The molecule has 0 aromatic heterocycles. The van der Waals surface area contributed by atoms with Crippen molar-refractivity contribution in [2.75, 3.05) is 32.8 Å². The van der Waals surface area contributed by atoms with Crippen molar-refractivity contribution in [3.05, 3.63) is 0 Å². The molecule has 0 saturated carbocycles. The maximum absolute atomic E-state index is 12.1. The van der Waals surface area contributed by atoms with E-state index in [1.54, 1.807) is 0 Å². The maximum atomic E-state index is 12.1. The molecule has 4 nitrogen and oxygen atoms in total. The number of carbonyl (C=O) groups is 1. The Bertz CT molecular complexity index is 241. The van der Waals surface area contributed by atoms with Crippen LogP contribution in [-0.4, -0.2) is 60.6 Å². The van der Waals surface area contributed by atoms with Gasteiger partial charge in [-0.3, -0.25) is 9.69 Å². The van der Waals surface area contributed by atoms with Crippen LogP contribution >= 0.6 is 0 Å². The Morgan fingerprint density at radius 2 is 1.94 bits per heavy atom. The molecule has 92 valence electrons.